The van der Waals surface area contributed by atoms with Crippen LogP contribution in [0, 0.1) is 0 Å². The van der Waals surface area contributed by atoms with Gasteiger partial charge in [0.15, 0.2) is 5.82 Å². The van der Waals surface area contributed by atoms with Gasteiger partial charge in [0.2, 0.25) is 0 Å². The van der Waals surface area contributed by atoms with Gasteiger partial charge in [0.05, 0.1) is 0 Å². The summed E-state index contributed by atoms with van der Waals surface area (Å²) in [6.45, 7) is 0. The molecular formula is C14H11N5O2. The molecule has 2 aromatic heterocycles. The number of amides is 1. The molecule has 21 heavy (non-hydrogen) atoms. The number of aromatic amines is 1. The molecule has 3 rings (SSSR count). The molecule has 1 aromatic carbocycles. The minimum atomic E-state index is -0.659. The lowest BCUT2D eigenvalue weighted by atomic mass is 10.3. The van der Waals surface area contributed by atoms with Gasteiger partial charge >= 0.3 is 6.09 Å². The Labute approximate surface area is 120 Å². The maximum atomic E-state index is 11.7. The van der Waals surface area contributed by atoms with Crippen molar-refractivity contribution in [2.75, 3.05) is 5.32 Å². The highest BCUT2D eigenvalue weighted by Crippen LogP contribution is 2.13. The topological polar surface area (TPSA) is 92.8 Å². The zero-order valence-electron chi connectivity index (χ0n) is 10.9. The number of hydrogen-bond acceptors (Lipinski definition) is 5. The highest BCUT2D eigenvalue weighted by molar-refractivity contribution is 5.84. The normalized spacial score (nSPS) is 10.1. The van der Waals surface area contributed by atoms with Crippen LogP contribution in [-0.2, 0) is 0 Å². The maximum absolute atomic E-state index is 11.7. The van der Waals surface area contributed by atoms with E-state index in [9.17, 15) is 4.79 Å². The molecule has 0 saturated heterocycles. The molecule has 0 aliphatic heterocycles. The fourth-order valence-corrected chi connectivity index (χ4v) is 1.65. The fraction of sp³-hybridized carbons (Fsp3) is 0. The third kappa shape index (κ3) is 3.21. The molecule has 0 fully saturated rings. The zero-order valence-corrected chi connectivity index (χ0v) is 10.9. The van der Waals surface area contributed by atoms with E-state index in [1.807, 2.05) is 12.1 Å². The number of ether oxygens (including phenoxy) is 1. The van der Waals surface area contributed by atoms with Gasteiger partial charge in [-0.05, 0) is 24.3 Å². The Morgan fingerprint density at radius 3 is 2.67 bits per heavy atom. The van der Waals surface area contributed by atoms with E-state index in [1.165, 1.54) is 0 Å². The Balaban J connectivity index is 1.66. The van der Waals surface area contributed by atoms with Gasteiger partial charge in [-0.2, -0.15) is 4.98 Å². The van der Waals surface area contributed by atoms with E-state index in [4.69, 9.17) is 4.74 Å². The molecule has 0 unspecified atom stereocenters. The number of carbonyl (C=O) groups excluding carboxylic acids is 1. The standard InChI is InChI=1S/C14H11N5O2/c20-14(21-10-6-2-1-3-7-10)17-13-16-12(18-19-13)11-8-4-5-9-15-11/h1-9H,(H2,16,17,18,19,20). The number of H-pyrrole nitrogens is 1. The number of anilines is 1. The first kappa shape index (κ1) is 12.8. The minimum absolute atomic E-state index is 0.122. The van der Waals surface area contributed by atoms with E-state index < -0.39 is 6.09 Å². The van der Waals surface area contributed by atoms with Crippen molar-refractivity contribution in [1.82, 2.24) is 20.2 Å². The van der Waals surface area contributed by atoms with Gasteiger partial charge < -0.3 is 4.74 Å². The van der Waals surface area contributed by atoms with Gasteiger partial charge in [-0.15, -0.1) is 5.10 Å². The molecule has 2 N–H and O–H groups in total. The molecule has 0 saturated carbocycles. The van der Waals surface area contributed by atoms with Crippen LogP contribution < -0.4 is 10.1 Å². The van der Waals surface area contributed by atoms with E-state index in [0.29, 0.717) is 17.3 Å². The van der Waals surface area contributed by atoms with E-state index in [-0.39, 0.29) is 5.95 Å². The summed E-state index contributed by atoms with van der Waals surface area (Å²) in [4.78, 5) is 19.9. The largest absolute Gasteiger partial charge is 0.419 e. The summed E-state index contributed by atoms with van der Waals surface area (Å²) in [7, 11) is 0. The number of pyridine rings is 1. The number of nitrogens with one attached hydrogen (secondary N) is 2. The highest BCUT2D eigenvalue weighted by Gasteiger charge is 2.10. The van der Waals surface area contributed by atoms with Gasteiger partial charge in [0.25, 0.3) is 5.95 Å². The second kappa shape index (κ2) is 5.83. The summed E-state index contributed by atoms with van der Waals surface area (Å²) >= 11 is 0. The summed E-state index contributed by atoms with van der Waals surface area (Å²) < 4.78 is 5.07. The molecule has 0 bridgehead atoms. The van der Waals surface area contributed by atoms with Crippen molar-refractivity contribution in [2.45, 2.75) is 0 Å². The van der Waals surface area contributed by atoms with Crippen LogP contribution >= 0.6 is 0 Å². The predicted octanol–water partition coefficient (Wildman–Crippen LogP) is 2.48. The lowest BCUT2D eigenvalue weighted by molar-refractivity contribution is 0.215. The third-order valence-electron chi connectivity index (χ3n) is 2.56. The van der Waals surface area contributed by atoms with E-state index in [2.05, 4.69) is 25.5 Å². The fourth-order valence-electron chi connectivity index (χ4n) is 1.65. The Bertz CT molecular complexity index is 727. The van der Waals surface area contributed by atoms with Crippen molar-refractivity contribution in [2.24, 2.45) is 0 Å². The SMILES string of the molecule is O=C(Nc1n[nH]c(-c2ccccn2)n1)Oc1ccccc1. The number of benzene rings is 1. The number of nitrogens with zero attached hydrogens (tertiary/aromatic N) is 3. The summed E-state index contributed by atoms with van der Waals surface area (Å²) in [6, 6.07) is 14.2. The second-order valence-corrected chi connectivity index (χ2v) is 4.05. The predicted molar refractivity (Wildman–Crippen MR) is 75.7 cm³/mol. The number of carbonyl (C=O) groups is 1. The maximum Gasteiger partial charge on any atom is 0.419 e. The second-order valence-electron chi connectivity index (χ2n) is 4.05. The van der Waals surface area contributed by atoms with E-state index in [0.717, 1.165) is 0 Å². The number of rotatable bonds is 3. The first-order valence-corrected chi connectivity index (χ1v) is 6.19. The van der Waals surface area contributed by atoms with Crippen molar-refractivity contribution in [3.63, 3.8) is 0 Å². The Morgan fingerprint density at radius 1 is 1.10 bits per heavy atom. The molecule has 0 spiro atoms. The summed E-state index contributed by atoms with van der Waals surface area (Å²) in [6.07, 6.45) is 0.988. The molecule has 3 aromatic rings. The summed E-state index contributed by atoms with van der Waals surface area (Å²) in [5, 5.41) is 9.02. The molecule has 7 heteroatoms. The third-order valence-corrected chi connectivity index (χ3v) is 2.56. The monoisotopic (exact) mass is 281 g/mol. The van der Waals surface area contributed by atoms with Gasteiger partial charge in [-0.3, -0.25) is 15.4 Å². The molecular weight excluding hydrogens is 270 g/mol. The van der Waals surface area contributed by atoms with Crippen LogP contribution in [0.3, 0.4) is 0 Å². The average Bonchev–Trinajstić information content (AvgIpc) is 2.97. The molecule has 0 radical (unpaired) electrons. The lowest BCUT2D eigenvalue weighted by Gasteiger charge is -2.02. The minimum Gasteiger partial charge on any atom is -0.410 e. The van der Waals surface area contributed by atoms with E-state index in [1.54, 1.807) is 42.6 Å². The molecule has 0 aliphatic rings. The zero-order chi connectivity index (χ0) is 14.5. The summed E-state index contributed by atoms with van der Waals surface area (Å²) in [5.41, 5.74) is 0.634. The molecule has 1 amide bonds. The average molecular weight is 281 g/mol. The van der Waals surface area contributed by atoms with E-state index >= 15 is 0 Å². The smallest absolute Gasteiger partial charge is 0.410 e. The number of hydrogen-bond donors (Lipinski definition) is 2. The van der Waals surface area contributed by atoms with Crippen molar-refractivity contribution in [3.8, 4) is 17.3 Å². The van der Waals surface area contributed by atoms with Crippen LogP contribution in [0.5, 0.6) is 5.75 Å². The summed E-state index contributed by atoms with van der Waals surface area (Å²) in [5.74, 6) is 1.03. The number of aromatic nitrogens is 4. The Morgan fingerprint density at radius 2 is 1.90 bits per heavy atom. The lowest BCUT2D eigenvalue weighted by Crippen LogP contribution is -2.17. The van der Waals surface area contributed by atoms with Gasteiger partial charge in [0, 0.05) is 6.20 Å². The first-order chi connectivity index (χ1) is 10.3. The van der Waals surface area contributed by atoms with Gasteiger partial charge in [-0.25, -0.2) is 4.79 Å². The molecule has 7 nitrogen and oxygen atoms in total. The van der Waals surface area contributed by atoms with Crippen LogP contribution in [0.1, 0.15) is 0 Å². The van der Waals surface area contributed by atoms with Gasteiger partial charge in [-0.1, -0.05) is 24.3 Å². The Hall–Kier alpha value is -3.22. The Kier molecular flexibility index (Phi) is 3.55. The van der Waals surface area contributed by atoms with Crippen molar-refractivity contribution in [1.29, 1.82) is 0 Å². The van der Waals surface area contributed by atoms with Crippen LogP contribution in [0.15, 0.2) is 54.7 Å². The quantitative estimate of drug-likeness (QED) is 0.769. The van der Waals surface area contributed by atoms with Crippen molar-refractivity contribution < 1.29 is 9.53 Å². The van der Waals surface area contributed by atoms with Crippen LogP contribution in [-0.4, -0.2) is 26.3 Å². The first-order valence-electron chi connectivity index (χ1n) is 6.19. The number of para-hydroxylation sites is 1. The molecule has 104 valence electrons. The van der Waals surface area contributed by atoms with Crippen LogP contribution in [0.25, 0.3) is 11.5 Å². The molecule has 2 heterocycles. The van der Waals surface area contributed by atoms with Gasteiger partial charge in [0.1, 0.15) is 11.4 Å². The van der Waals surface area contributed by atoms with Crippen molar-refractivity contribution >= 4 is 12.0 Å². The molecule has 0 atom stereocenters. The van der Waals surface area contributed by atoms with Crippen LogP contribution in [0.2, 0.25) is 0 Å². The van der Waals surface area contributed by atoms with Crippen LogP contribution in [0.4, 0.5) is 10.7 Å². The van der Waals surface area contributed by atoms with Crippen molar-refractivity contribution in [3.05, 3.63) is 54.7 Å². The highest BCUT2D eigenvalue weighted by atomic mass is 16.6. The molecule has 0 aliphatic carbocycles.